The number of nitrogens with zero attached hydrogens (tertiary/aromatic N) is 2. The summed E-state index contributed by atoms with van der Waals surface area (Å²) in [5, 5.41) is 6.90. The number of anilines is 1. The molecule has 1 aromatic carbocycles. The van der Waals surface area contributed by atoms with Crippen molar-refractivity contribution in [2.75, 3.05) is 18.4 Å². The van der Waals surface area contributed by atoms with Gasteiger partial charge in [0.25, 0.3) is 0 Å². The van der Waals surface area contributed by atoms with Gasteiger partial charge in [0, 0.05) is 31.9 Å². The van der Waals surface area contributed by atoms with Crippen LogP contribution in [0.5, 0.6) is 0 Å². The first-order valence-electron chi connectivity index (χ1n) is 6.21. The molecule has 4 nitrogen and oxygen atoms in total. The maximum atomic E-state index is 4.35. The van der Waals surface area contributed by atoms with Crippen molar-refractivity contribution >= 4 is 16.7 Å². The van der Waals surface area contributed by atoms with Crippen LogP contribution in [0.15, 0.2) is 24.5 Å². The minimum atomic E-state index is 0.787. The smallest absolute Gasteiger partial charge is 0.0955 e. The fraction of sp³-hybridized carbons (Fsp3) is 0.462. The molecule has 1 aliphatic carbocycles. The first-order valence-corrected chi connectivity index (χ1v) is 6.21. The van der Waals surface area contributed by atoms with E-state index in [-0.39, 0.29) is 0 Å². The van der Waals surface area contributed by atoms with Crippen LogP contribution in [0.25, 0.3) is 11.0 Å². The van der Waals surface area contributed by atoms with Gasteiger partial charge in [-0.05, 0) is 31.0 Å². The summed E-state index contributed by atoms with van der Waals surface area (Å²) < 4.78 is 2.04. The number of hydrogen-bond acceptors (Lipinski definition) is 3. The summed E-state index contributed by atoms with van der Waals surface area (Å²) >= 11 is 0. The van der Waals surface area contributed by atoms with Crippen LogP contribution in [0, 0.1) is 0 Å². The minimum absolute atomic E-state index is 0.787. The van der Waals surface area contributed by atoms with Crippen LogP contribution in [0.4, 0.5) is 5.69 Å². The minimum Gasteiger partial charge on any atom is -0.384 e. The molecule has 0 atom stereocenters. The molecule has 0 aliphatic heterocycles. The molecule has 0 amide bonds. The van der Waals surface area contributed by atoms with Crippen molar-refractivity contribution in [1.29, 1.82) is 0 Å². The van der Waals surface area contributed by atoms with Crippen molar-refractivity contribution in [3.05, 3.63) is 24.5 Å². The van der Waals surface area contributed by atoms with E-state index in [1.807, 2.05) is 17.9 Å². The molecule has 1 saturated carbocycles. The quantitative estimate of drug-likeness (QED) is 0.769. The van der Waals surface area contributed by atoms with Gasteiger partial charge in [-0.15, -0.1) is 0 Å². The lowest BCUT2D eigenvalue weighted by Gasteiger charge is -2.07. The number of fused-ring (bicyclic) bond motifs is 1. The molecule has 0 bridgehead atoms. The van der Waals surface area contributed by atoms with Crippen molar-refractivity contribution in [1.82, 2.24) is 14.9 Å². The van der Waals surface area contributed by atoms with Gasteiger partial charge in [-0.25, -0.2) is 4.98 Å². The topological polar surface area (TPSA) is 41.9 Å². The molecule has 90 valence electrons. The van der Waals surface area contributed by atoms with E-state index < -0.39 is 0 Å². The fourth-order valence-corrected chi connectivity index (χ4v) is 2.02. The van der Waals surface area contributed by atoms with Gasteiger partial charge in [-0.1, -0.05) is 0 Å². The average Bonchev–Trinajstić information content (AvgIpc) is 3.10. The predicted octanol–water partition coefficient (Wildman–Crippen LogP) is 1.74. The van der Waals surface area contributed by atoms with E-state index in [0.29, 0.717) is 0 Å². The summed E-state index contributed by atoms with van der Waals surface area (Å²) in [6.45, 7) is 2.00. The maximum Gasteiger partial charge on any atom is 0.0955 e. The van der Waals surface area contributed by atoms with Crippen LogP contribution in [0.2, 0.25) is 0 Å². The second kappa shape index (κ2) is 4.37. The second-order valence-electron chi connectivity index (χ2n) is 4.71. The van der Waals surface area contributed by atoms with E-state index in [1.165, 1.54) is 18.4 Å². The Morgan fingerprint density at radius 1 is 1.35 bits per heavy atom. The first kappa shape index (κ1) is 10.6. The number of aromatic nitrogens is 2. The highest BCUT2D eigenvalue weighted by molar-refractivity contribution is 5.79. The third-order valence-corrected chi connectivity index (χ3v) is 3.19. The molecule has 0 radical (unpaired) electrons. The lowest BCUT2D eigenvalue weighted by molar-refractivity contribution is 0.701. The summed E-state index contributed by atoms with van der Waals surface area (Å²) in [7, 11) is 2.02. The SMILES string of the molecule is Cn1cnc2cc(NCCNC3CC3)ccc21. The molecule has 1 aliphatic rings. The van der Waals surface area contributed by atoms with Gasteiger partial charge in [-0.2, -0.15) is 0 Å². The Balaban J connectivity index is 1.60. The summed E-state index contributed by atoms with van der Waals surface area (Å²) in [4.78, 5) is 4.35. The number of hydrogen-bond donors (Lipinski definition) is 2. The van der Waals surface area contributed by atoms with E-state index in [4.69, 9.17) is 0 Å². The average molecular weight is 230 g/mol. The van der Waals surface area contributed by atoms with Gasteiger partial charge in [0.1, 0.15) is 0 Å². The van der Waals surface area contributed by atoms with E-state index in [9.17, 15) is 0 Å². The van der Waals surface area contributed by atoms with Crippen LogP contribution in [-0.2, 0) is 7.05 Å². The van der Waals surface area contributed by atoms with Crippen LogP contribution in [0.3, 0.4) is 0 Å². The van der Waals surface area contributed by atoms with Crippen molar-refractivity contribution in [3.63, 3.8) is 0 Å². The van der Waals surface area contributed by atoms with E-state index in [2.05, 4.69) is 33.8 Å². The van der Waals surface area contributed by atoms with Crippen LogP contribution >= 0.6 is 0 Å². The Kier molecular flexibility index (Phi) is 2.73. The van der Waals surface area contributed by atoms with Gasteiger partial charge in [0.15, 0.2) is 0 Å². The summed E-state index contributed by atoms with van der Waals surface area (Å²) in [6.07, 6.45) is 4.54. The molecule has 1 heterocycles. The maximum absolute atomic E-state index is 4.35. The zero-order valence-corrected chi connectivity index (χ0v) is 10.1. The molecule has 2 N–H and O–H groups in total. The fourth-order valence-electron chi connectivity index (χ4n) is 2.02. The standard InChI is InChI=1S/C13H18N4/c1-17-9-16-12-8-11(4-5-13(12)17)15-7-6-14-10-2-3-10/h4-5,8-10,14-15H,2-3,6-7H2,1H3. The molecule has 0 unspecified atom stereocenters. The monoisotopic (exact) mass is 230 g/mol. The second-order valence-corrected chi connectivity index (χ2v) is 4.71. The largest absolute Gasteiger partial charge is 0.384 e. The summed E-state index contributed by atoms with van der Waals surface area (Å²) in [6, 6.07) is 7.11. The molecular weight excluding hydrogens is 212 g/mol. The molecule has 17 heavy (non-hydrogen) atoms. The lowest BCUT2D eigenvalue weighted by atomic mass is 10.2. The zero-order chi connectivity index (χ0) is 11.7. The molecule has 1 fully saturated rings. The number of benzene rings is 1. The molecule has 0 spiro atoms. The molecular formula is C13H18N4. The molecule has 0 saturated heterocycles. The Labute approximate surface area is 101 Å². The van der Waals surface area contributed by atoms with E-state index >= 15 is 0 Å². The third-order valence-electron chi connectivity index (χ3n) is 3.19. The Morgan fingerprint density at radius 2 is 2.24 bits per heavy atom. The van der Waals surface area contributed by atoms with Crippen molar-refractivity contribution in [3.8, 4) is 0 Å². The molecule has 3 rings (SSSR count). The van der Waals surface area contributed by atoms with Gasteiger partial charge in [0.2, 0.25) is 0 Å². The molecule has 2 aromatic rings. The van der Waals surface area contributed by atoms with E-state index in [1.54, 1.807) is 0 Å². The van der Waals surface area contributed by atoms with Crippen LogP contribution < -0.4 is 10.6 Å². The normalized spacial score (nSPS) is 15.4. The predicted molar refractivity (Wildman–Crippen MR) is 70.2 cm³/mol. The Morgan fingerprint density at radius 3 is 3.06 bits per heavy atom. The third kappa shape index (κ3) is 2.42. The Bertz CT molecular complexity index is 513. The first-order chi connectivity index (χ1) is 8.33. The van der Waals surface area contributed by atoms with Crippen LogP contribution in [0.1, 0.15) is 12.8 Å². The highest BCUT2D eigenvalue weighted by Gasteiger charge is 2.19. The highest BCUT2D eigenvalue weighted by atomic mass is 15.0. The lowest BCUT2D eigenvalue weighted by Crippen LogP contribution is -2.23. The number of nitrogens with one attached hydrogen (secondary N) is 2. The Hall–Kier alpha value is -1.55. The number of rotatable bonds is 5. The zero-order valence-electron chi connectivity index (χ0n) is 10.1. The van der Waals surface area contributed by atoms with Gasteiger partial charge >= 0.3 is 0 Å². The molecule has 4 heteroatoms. The van der Waals surface area contributed by atoms with Crippen molar-refractivity contribution < 1.29 is 0 Å². The van der Waals surface area contributed by atoms with Crippen molar-refractivity contribution in [2.24, 2.45) is 7.05 Å². The molecule has 1 aromatic heterocycles. The highest BCUT2D eigenvalue weighted by Crippen LogP contribution is 2.18. The number of imidazole rings is 1. The van der Waals surface area contributed by atoms with E-state index in [0.717, 1.165) is 30.3 Å². The van der Waals surface area contributed by atoms with Gasteiger partial charge < -0.3 is 15.2 Å². The summed E-state index contributed by atoms with van der Waals surface area (Å²) in [5.74, 6) is 0. The van der Waals surface area contributed by atoms with Crippen LogP contribution in [-0.4, -0.2) is 28.7 Å². The van der Waals surface area contributed by atoms with Gasteiger partial charge in [-0.3, -0.25) is 0 Å². The van der Waals surface area contributed by atoms with Crippen molar-refractivity contribution in [2.45, 2.75) is 18.9 Å². The summed E-state index contributed by atoms with van der Waals surface area (Å²) in [5.41, 5.74) is 3.37. The number of aryl methyl sites for hydroxylation is 1. The van der Waals surface area contributed by atoms with Gasteiger partial charge in [0.05, 0.1) is 17.4 Å².